The maximum absolute atomic E-state index is 12.6. The van der Waals surface area contributed by atoms with Crippen molar-refractivity contribution in [3.8, 4) is 5.75 Å². The van der Waals surface area contributed by atoms with Gasteiger partial charge in [-0.25, -0.2) is 4.98 Å². The molecule has 30 heavy (non-hydrogen) atoms. The quantitative estimate of drug-likeness (QED) is 0.715. The Morgan fingerprint density at radius 1 is 1.07 bits per heavy atom. The molecule has 8 heteroatoms. The van der Waals surface area contributed by atoms with Crippen LogP contribution in [0.15, 0.2) is 24.3 Å². The van der Waals surface area contributed by atoms with E-state index in [1.807, 2.05) is 40.6 Å². The maximum atomic E-state index is 12.6. The molecular weight excluding hydrogens is 416 g/mol. The van der Waals surface area contributed by atoms with Crippen LogP contribution >= 0.6 is 23.5 Å². The third-order valence-corrected chi connectivity index (χ3v) is 9.05. The number of aromatic amines is 1. The lowest BCUT2D eigenvalue weighted by Crippen LogP contribution is -2.40. The molecule has 0 radical (unpaired) electrons. The highest BCUT2D eigenvalue weighted by molar-refractivity contribution is 8.16. The highest BCUT2D eigenvalue weighted by Gasteiger charge is 2.30. The molecule has 5 rings (SSSR count). The van der Waals surface area contributed by atoms with Crippen LogP contribution in [0, 0.1) is 0 Å². The minimum atomic E-state index is 0.0622. The molecule has 2 saturated heterocycles. The molecule has 0 unspecified atom stereocenters. The minimum Gasteiger partial charge on any atom is -0.484 e. The Morgan fingerprint density at radius 2 is 1.80 bits per heavy atom. The number of carbonyl (C=O) groups is 1. The van der Waals surface area contributed by atoms with Gasteiger partial charge in [-0.2, -0.15) is 5.10 Å². The van der Waals surface area contributed by atoms with Crippen molar-refractivity contribution in [2.45, 2.75) is 48.5 Å². The van der Waals surface area contributed by atoms with Gasteiger partial charge in [0.2, 0.25) is 0 Å². The Hall–Kier alpha value is -1.67. The molecule has 1 aliphatic carbocycles. The van der Waals surface area contributed by atoms with E-state index >= 15 is 0 Å². The molecule has 1 saturated carbocycles. The molecule has 0 spiro atoms. The summed E-state index contributed by atoms with van der Waals surface area (Å²) >= 11 is 4.03. The van der Waals surface area contributed by atoms with Crippen LogP contribution in [0.1, 0.15) is 65.7 Å². The summed E-state index contributed by atoms with van der Waals surface area (Å²) in [4.78, 5) is 19.2. The first-order chi connectivity index (χ1) is 14.8. The molecule has 3 aliphatic rings. The number of nitrogens with zero attached hydrogens (tertiary/aromatic N) is 3. The number of benzene rings is 1. The van der Waals surface area contributed by atoms with Gasteiger partial charge in [-0.3, -0.25) is 9.89 Å². The average molecular weight is 445 g/mol. The van der Waals surface area contributed by atoms with E-state index in [1.165, 1.54) is 36.3 Å². The second-order valence-electron chi connectivity index (χ2n) is 8.29. The molecule has 2 aliphatic heterocycles. The molecular formula is C22H28N4O2S2. The summed E-state index contributed by atoms with van der Waals surface area (Å²) in [5, 5.41) is 7.49. The Morgan fingerprint density at radius 3 is 2.50 bits per heavy atom. The van der Waals surface area contributed by atoms with Crippen LogP contribution in [0.5, 0.6) is 5.75 Å². The van der Waals surface area contributed by atoms with E-state index in [2.05, 4.69) is 27.3 Å². The summed E-state index contributed by atoms with van der Waals surface area (Å²) in [5.74, 6) is 6.21. The number of H-pyrrole nitrogens is 1. The molecule has 1 N–H and O–H groups in total. The Kier molecular flexibility index (Phi) is 6.22. The van der Waals surface area contributed by atoms with E-state index in [0.717, 1.165) is 43.3 Å². The van der Waals surface area contributed by atoms with Crippen molar-refractivity contribution in [1.82, 2.24) is 20.1 Å². The number of ether oxygens (including phenoxy) is 1. The molecule has 6 nitrogen and oxygen atoms in total. The van der Waals surface area contributed by atoms with Crippen molar-refractivity contribution in [2.24, 2.45) is 0 Å². The van der Waals surface area contributed by atoms with Gasteiger partial charge in [0.05, 0.1) is 4.58 Å². The molecule has 0 atom stereocenters. The van der Waals surface area contributed by atoms with Crippen LogP contribution in [0.25, 0.3) is 0 Å². The molecule has 1 amide bonds. The summed E-state index contributed by atoms with van der Waals surface area (Å²) in [7, 11) is 0. The Labute approximate surface area is 185 Å². The van der Waals surface area contributed by atoms with Crippen molar-refractivity contribution in [3.05, 3.63) is 41.5 Å². The van der Waals surface area contributed by atoms with E-state index in [1.54, 1.807) is 0 Å². The van der Waals surface area contributed by atoms with Crippen LogP contribution in [0.3, 0.4) is 0 Å². The van der Waals surface area contributed by atoms with E-state index < -0.39 is 0 Å². The summed E-state index contributed by atoms with van der Waals surface area (Å²) in [6, 6.07) is 8.25. The molecule has 160 valence electrons. The fourth-order valence-electron chi connectivity index (χ4n) is 4.03. The number of likely N-dealkylation sites (tertiary alicyclic amines) is 1. The van der Waals surface area contributed by atoms with Gasteiger partial charge in [-0.15, -0.1) is 23.5 Å². The number of piperidine rings is 1. The lowest BCUT2D eigenvalue weighted by Gasteiger charge is -2.31. The predicted molar refractivity (Wildman–Crippen MR) is 121 cm³/mol. The number of hydrogen-bond acceptors (Lipinski definition) is 6. The maximum Gasteiger partial charge on any atom is 0.260 e. The van der Waals surface area contributed by atoms with Gasteiger partial charge < -0.3 is 9.64 Å². The lowest BCUT2D eigenvalue weighted by molar-refractivity contribution is -0.134. The van der Waals surface area contributed by atoms with Gasteiger partial charge in [-0.05, 0) is 61.3 Å². The van der Waals surface area contributed by atoms with Gasteiger partial charge >= 0.3 is 0 Å². The first kappa shape index (κ1) is 20.2. The SMILES string of the molecule is O=C(COc1ccc(C2SCCCS2)cc1)N1CCC(c2nc(C3CC3)n[nH]2)CC1. The van der Waals surface area contributed by atoms with Crippen LogP contribution in [0.2, 0.25) is 0 Å². The molecule has 1 aromatic carbocycles. The van der Waals surface area contributed by atoms with Crippen molar-refractivity contribution in [2.75, 3.05) is 31.2 Å². The molecule has 2 aromatic rings. The Bertz CT molecular complexity index is 854. The van der Waals surface area contributed by atoms with Crippen LogP contribution < -0.4 is 4.74 Å². The topological polar surface area (TPSA) is 71.1 Å². The van der Waals surface area contributed by atoms with Crippen LogP contribution in [-0.2, 0) is 4.79 Å². The lowest BCUT2D eigenvalue weighted by atomic mass is 9.96. The van der Waals surface area contributed by atoms with Gasteiger partial charge in [0.25, 0.3) is 5.91 Å². The van der Waals surface area contributed by atoms with E-state index in [9.17, 15) is 4.79 Å². The number of rotatable bonds is 6. The first-order valence-corrected chi connectivity index (χ1v) is 13.0. The van der Waals surface area contributed by atoms with Gasteiger partial charge in [0, 0.05) is 24.9 Å². The van der Waals surface area contributed by atoms with Gasteiger partial charge in [-0.1, -0.05) is 12.1 Å². The highest BCUT2D eigenvalue weighted by Crippen LogP contribution is 2.43. The second-order valence-corrected chi connectivity index (χ2v) is 11.0. The zero-order valence-electron chi connectivity index (χ0n) is 17.1. The molecule has 3 heterocycles. The first-order valence-electron chi connectivity index (χ1n) is 10.9. The number of aromatic nitrogens is 3. The van der Waals surface area contributed by atoms with E-state index in [4.69, 9.17) is 4.74 Å². The smallest absolute Gasteiger partial charge is 0.260 e. The predicted octanol–water partition coefficient (Wildman–Crippen LogP) is 4.34. The second kappa shape index (κ2) is 9.22. The summed E-state index contributed by atoms with van der Waals surface area (Å²) in [6.07, 6.45) is 5.58. The van der Waals surface area contributed by atoms with Gasteiger partial charge in [0.15, 0.2) is 12.4 Å². The molecule has 0 bridgehead atoms. The summed E-state index contributed by atoms with van der Waals surface area (Å²) in [6.45, 7) is 1.61. The van der Waals surface area contributed by atoms with E-state index in [-0.39, 0.29) is 12.5 Å². The third-order valence-electron chi connectivity index (χ3n) is 6.04. The minimum absolute atomic E-state index is 0.0622. The molecule has 1 aromatic heterocycles. The van der Waals surface area contributed by atoms with Crippen molar-refractivity contribution >= 4 is 29.4 Å². The van der Waals surface area contributed by atoms with Crippen LogP contribution in [0.4, 0.5) is 0 Å². The number of carbonyl (C=O) groups excluding carboxylic acids is 1. The van der Waals surface area contributed by atoms with Crippen LogP contribution in [-0.4, -0.2) is 57.2 Å². The number of nitrogens with one attached hydrogen (secondary N) is 1. The van der Waals surface area contributed by atoms with Gasteiger partial charge in [0.1, 0.15) is 11.6 Å². The number of thioether (sulfide) groups is 2. The van der Waals surface area contributed by atoms with Crippen molar-refractivity contribution < 1.29 is 9.53 Å². The monoisotopic (exact) mass is 444 g/mol. The Balaban J connectivity index is 1.07. The normalized spacial score (nSPS) is 21.0. The standard InChI is InChI=1S/C22H28N4O2S2/c27-19(14-28-18-6-4-17(5-7-18)22-29-12-1-13-30-22)26-10-8-16(9-11-26)21-23-20(24-25-21)15-2-3-15/h4-7,15-16,22H,1-3,8-14H2,(H,23,24,25). The molecule has 3 fully saturated rings. The van der Waals surface area contributed by atoms with E-state index in [0.29, 0.717) is 16.4 Å². The average Bonchev–Trinajstić information content (AvgIpc) is 3.55. The zero-order valence-corrected chi connectivity index (χ0v) is 18.7. The van der Waals surface area contributed by atoms with Crippen molar-refractivity contribution in [1.29, 1.82) is 0 Å². The highest BCUT2D eigenvalue weighted by atomic mass is 32.2. The summed E-state index contributed by atoms with van der Waals surface area (Å²) < 4.78 is 6.31. The summed E-state index contributed by atoms with van der Waals surface area (Å²) in [5.41, 5.74) is 1.34. The largest absolute Gasteiger partial charge is 0.484 e. The number of amides is 1. The number of hydrogen-bond donors (Lipinski definition) is 1. The third kappa shape index (κ3) is 4.80. The fraction of sp³-hybridized carbons (Fsp3) is 0.591. The fourth-order valence-corrected chi connectivity index (χ4v) is 6.93. The zero-order chi connectivity index (χ0) is 20.3. The van der Waals surface area contributed by atoms with Crippen molar-refractivity contribution in [3.63, 3.8) is 0 Å².